The van der Waals surface area contributed by atoms with Gasteiger partial charge in [-0.2, -0.15) is 0 Å². The van der Waals surface area contributed by atoms with Gasteiger partial charge in [0.15, 0.2) is 0 Å². The molecule has 19 heavy (non-hydrogen) atoms. The molecule has 0 saturated heterocycles. The van der Waals surface area contributed by atoms with Gasteiger partial charge in [-0.1, -0.05) is 0 Å². The highest BCUT2D eigenvalue weighted by molar-refractivity contribution is 5.96. The number of hydrogen-bond donors (Lipinski definition) is 1. The van der Waals surface area contributed by atoms with Crippen LogP contribution in [0.15, 0.2) is 24.3 Å². The molecule has 0 unspecified atom stereocenters. The van der Waals surface area contributed by atoms with Crippen LogP contribution < -0.4 is 4.90 Å². The monoisotopic (exact) mass is 264 g/mol. The molecule has 0 bridgehead atoms. The predicted molar refractivity (Wildman–Crippen MR) is 70.1 cm³/mol. The number of nitrogens with zero attached hydrogens (tertiary/aromatic N) is 2. The molecule has 1 N–H and O–H groups in total. The van der Waals surface area contributed by atoms with Crippen molar-refractivity contribution in [2.45, 2.75) is 6.92 Å². The fraction of sp³-hybridized carbons (Fsp3) is 0.308. The zero-order valence-electron chi connectivity index (χ0n) is 11.1. The van der Waals surface area contributed by atoms with Crippen LogP contribution in [0.2, 0.25) is 0 Å². The Labute approximate surface area is 111 Å². The molecule has 0 radical (unpaired) electrons. The summed E-state index contributed by atoms with van der Waals surface area (Å²) in [6.45, 7) is 1.36. The Balaban J connectivity index is 2.76. The second-order valence-electron chi connectivity index (χ2n) is 4.18. The molecule has 1 rings (SSSR count). The van der Waals surface area contributed by atoms with Gasteiger partial charge in [-0.05, 0) is 24.3 Å². The van der Waals surface area contributed by atoms with Crippen LogP contribution in [-0.2, 0) is 9.59 Å². The van der Waals surface area contributed by atoms with Crippen LogP contribution in [-0.4, -0.2) is 48.4 Å². The minimum Gasteiger partial charge on any atom is -0.478 e. The summed E-state index contributed by atoms with van der Waals surface area (Å²) in [5.41, 5.74) is 0.734. The van der Waals surface area contributed by atoms with Crippen molar-refractivity contribution in [1.82, 2.24) is 4.90 Å². The highest BCUT2D eigenvalue weighted by atomic mass is 16.4. The first-order valence-corrected chi connectivity index (χ1v) is 5.64. The minimum atomic E-state index is -1.02. The fourth-order valence-electron chi connectivity index (χ4n) is 1.39. The molecule has 0 fully saturated rings. The summed E-state index contributed by atoms with van der Waals surface area (Å²) in [5.74, 6) is -1.46. The van der Waals surface area contributed by atoms with Gasteiger partial charge >= 0.3 is 5.97 Å². The lowest BCUT2D eigenvalue weighted by molar-refractivity contribution is -0.132. The number of carboxylic acid groups (broad SMARTS) is 1. The molecule has 1 aromatic carbocycles. The molecule has 2 amide bonds. The molecule has 0 aliphatic carbocycles. The summed E-state index contributed by atoms with van der Waals surface area (Å²) in [5, 5.41) is 8.78. The number of anilines is 1. The molecule has 0 heterocycles. The number of carboxylic acids is 1. The van der Waals surface area contributed by atoms with Crippen molar-refractivity contribution in [2.75, 3.05) is 25.5 Å². The van der Waals surface area contributed by atoms with Crippen molar-refractivity contribution in [3.05, 3.63) is 29.8 Å². The van der Waals surface area contributed by atoms with Gasteiger partial charge in [0.2, 0.25) is 11.8 Å². The van der Waals surface area contributed by atoms with Crippen LogP contribution in [0.4, 0.5) is 5.69 Å². The molecule has 0 saturated carbocycles. The third-order valence-electron chi connectivity index (χ3n) is 2.79. The first-order chi connectivity index (χ1) is 8.82. The Morgan fingerprint density at radius 1 is 1.11 bits per heavy atom. The largest absolute Gasteiger partial charge is 0.478 e. The van der Waals surface area contributed by atoms with Gasteiger partial charge in [0.1, 0.15) is 0 Å². The molecule has 0 atom stereocenters. The summed E-state index contributed by atoms with van der Waals surface area (Å²) in [6.07, 6.45) is 0. The van der Waals surface area contributed by atoms with Crippen molar-refractivity contribution in [3.8, 4) is 0 Å². The van der Waals surface area contributed by atoms with Crippen molar-refractivity contribution in [1.29, 1.82) is 0 Å². The summed E-state index contributed by atoms with van der Waals surface area (Å²) >= 11 is 0. The maximum atomic E-state index is 11.9. The molecular formula is C13H16N2O4. The van der Waals surface area contributed by atoms with Gasteiger partial charge in [-0.15, -0.1) is 0 Å². The number of benzene rings is 1. The van der Waals surface area contributed by atoms with Gasteiger partial charge < -0.3 is 14.9 Å². The molecule has 0 spiro atoms. The van der Waals surface area contributed by atoms with Crippen LogP contribution in [0, 0.1) is 0 Å². The van der Waals surface area contributed by atoms with Crippen molar-refractivity contribution >= 4 is 23.5 Å². The highest BCUT2D eigenvalue weighted by Crippen LogP contribution is 2.14. The van der Waals surface area contributed by atoms with E-state index in [1.165, 1.54) is 28.9 Å². The van der Waals surface area contributed by atoms with E-state index in [1.807, 2.05) is 0 Å². The Morgan fingerprint density at radius 2 is 1.63 bits per heavy atom. The number of rotatable bonds is 4. The molecule has 102 valence electrons. The standard InChI is InChI=1S/C13H16N2O4/c1-9(16)14(2)8-12(17)15(3)11-6-4-10(5-7-11)13(18)19/h4-7H,8H2,1-3H3,(H,18,19). The number of amides is 2. The average Bonchev–Trinajstić information content (AvgIpc) is 2.37. The SMILES string of the molecule is CC(=O)N(C)CC(=O)N(C)c1ccc(C(=O)O)cc1. The first kappa shape index (κ1) is 14.7. The second kappa shape index (κ2) is 5.99. The zero-order valence-corrected chi connectivity index (χ0v) is 11.1. The first-order valence-electron chi connectivity index (χ1n) is 5.64. The summed E-state index contributed by atoms with van der Waals surface area (Å²) < 4.78 is 0. The van der Waals surface area contributed by atoms with E-state index in [1.54, 1.807) is 26.2 Å². The molecule has 6 nitrogen and oxygen atoms in total. The lowest BCUT2D eigenvalue weighted by Gasteiger charge is -2.21. The number of aromatic carboxylic acids is 1. The van der Waals surface area contributed by atoms with Gasteiger partial charge in [0.05, 0.1) is 12.1 Å². The quantitative estimate of drug-likeness (QED) is 0.873. The van der Waals surface area contributed by atoms with E-state index < -0.39 is 5.97 Å². The van der Waals surface area contributed by atoms with Crippen LogP contribution >= 0.6 is 0 Å². The third-order valence-corrected chi connectivity index (χ3v) is 2.79. The van der Waals surface area contributed by atoms with Crippen LogP contribution in [0.5, 0.6) is 0 Å². The lowest BCUT2D eigenvalue weighted by atomic mass is 10.2. The number of hydrogen-bond acceptors (Lipinski definition) is 3. The lowest BCUT2D eigenvalue weighted by Crippen LogP contribution is -2.38. The molecular weight excluding hydrogens is 248 g/mol. The zero-order chi connectivity index (χ0) is 14.6. The smallest absolute Gasteiger partial charge is 0.335 e. The summed E-state index contributed by atoms with van der Waals surface area (Å²) in [6, 6.07) is 5.95. The van der Waals surface area contributed by atoms with Crippen LogP contribution in [0.1, 0.15) is 17.3 Å². The van der Waals surface area contributed by atoms with E-state index in [0.717, 1.165) is 0 Å². The van der Waals surface area contributed by atoms with Crippen molar-refractivity contribution in [2.24, 2.45) is 0 Å². The van der Waals surface area contributed by atoms with E-state index in [2.05, 4.69) is 0 Å². The predicted octanol–water partition coefficient (Wildman–Crippen LogP) is 0.826. The van der Waals surface area contributed by atoms with E-state index in [9.17, 15) is 14.4 Å². The van der Waals surface area contributed by atoms with Crippen LogP contribution in [0.3, 0.4) is 0 Å². The minimum absolute atomic E-state index is 0.0213. The van der Waals surface area contributed by atoms with Crippen molar-refractivity contribution < 1.29 is 19.5 Å². The second-order valence-corrected chi connectivity index (χ2v) is 4.18. The van der Waals surface area contributed by atoms with Gasteiger partial charge in [-0.25, -0.2) is 4.79 Å². The summed E-state index contributed by atoms with van der Waals surface area (Å²) in [7, 11) is 3.12. The summed E-state index contributed by atoms with van der Waals surface area (Å²) in [4.78, 5) is 36.3. The Morgan fingerprint density at radius 3 is 2.05 bits per heavy atom. The van der Waals surface area contributed by atoms with Crippen molar-refractivity contribution in [3.63, 3.8) is 0 Å². The van der Waals surface area contributed by atoms with Gasteiger partial charge in [0.25, 0.3) is 0 Å². The Bertz CT molecular complexity index is 496. The average molecular weight is 264 g/mol. The van der Waals surface area contributed by atoms with Gasteiger partial charge in [-0.3, -0.25) is 9.59 Å². The highest BCUT2D eigenvalue weighted by Gasteiger charge is 2.15. The van der Waals surface area contributed by atoms with Crippen LogP contribution in [0.25, 0.3) is 0 Å². The molecule has 0 aliphatic heterocycles. The fourth-order valence-corrected chi connectivity index (χ4v) is 1.39. The topological polar surface area (TPSA) is 77.9 Å². The normalized spacial score (nSPS) is 9.84. The molecule has 6 heteroatoms. The Hall–Kier alpha value is -2.37. The van der Waals surface area contributed by atoms with E-state index in [0.29, 0.717) is 5.69 Å². The van der Waals surface area contributed by atoms with E-state index >= 15 is 0 Å². The molecule has 0 aliphatic rings. The maximum Gasteiger partial charge on any atom is 0.335 e. The van der Waals surface area contributed by atoms with Gasteiger partial charge in [0, 0.05) is 26.7 Å². The molecule has 1 aromatic rings. The van der Waals surface area contributed by atoms with E-state index in [-0.39, 0.29) is 23.9 Å². The van der Waals surface area contributed by atoms with E-state index in [4.69, 9.17) is 5.11 Å². The Kier molecular flexibility index (Phi) is 4.63. The molecule has 0 aromatic heterocycles. The third kappa shape index (κ3) is 3.80. The number of likely N-dealkylation sites (N-methyl/N-ethyl adjacent to an activating group) is 2. The number of carbonyl (C=O) groups is 3. The maximum absolute atomic E-state index is 11.9. The number of carbonyl (C=O) groups excluding carboxylic acids is 2.